The number of fused-ring (bicyclic) bond motifs is 4. The van der Waals surface area contributed by atoms with E-state index >= 15 is 0 Å². The Morgan fingerprint density at radius 3 is 2.76 bits per heavy atom. The molecule has 3 saturated heterocycles. The maximum absolute atomic E-state index is 12.9. The predicted molar refractivity (Wildman–Crippen MR) is 103 cm³/mol. The fraction of sp³-hybridized carbons (Fsp3) is 0.550. The van der Waals surface area contributed by atoms with Gasteiger partial charge in [-0.3, -0.25) is 9.69 Å². The standard InChI is InChI=1S/C20H26N2O2S/c1-4-24-15-6-5-14-11-17(25-16(14)12-15)19(23)21-18-13-7-9-22(10-8-13)20(18,2)3/h5-6,11-13,18H,4,7-10H2,1-3H3,(H,21,23)/t18-/m1/s1. The Balaban J connectivity index is 1.55. The molecule has 0 radical (unpaired) electrons. The van der Waals surface area contributed by atoms with Gasteiger partial charge >= 0.3 is 0 Å². The van der Waals surface area contributed by atoms with Gasteiger partial charge in [0.2, 0.25) is 0 Å². The Morgan fingerprint density at radius 1 is 1.32 bits per heavy atom. The smallest absolute Gasteiger partial charge is 0.261 e. The minimum absolute atomic E-state index is 0.0373. The minimum atomic E-state index is 0.0373. The van der Waals surface area contributed by atoms with Gasteiger partial charge in [-0.05, 0) is 82.3 Å². The van der Waals surface area contributed by atoms with Crippen LogP contribution in [0.25, 0.3) is 10.1 Å². The lowest BCUT2D eigenvalue weighted by Gasteiger charge is -2.56. The number of hydrogen-bond acceptors (Lipinski definition) is 4. The van der Waals surface area contributed by atoms with Crippen molar-refractivity contribution in [3.8, 4) is 5.75 Å². The molecule has 1 N–H and O–H groups in total. The third-order valence-corrected chi connectivity index (χ3v) is 7.00. The van der Waals surface area contributed by atoms with E-state index in [9.17, 15) is 4.79 Å². The summed E-state index contributed by atoms with van der Waals surface area (Å²) in [6.45, 7) is 9.48. The second kappa shape index (κ2) is 6.29. The molecule has 1 aromatic carbocycles. The first kappa shape index (κ1) is 16.9. The molecule has 4 nitrogen and oxygen atoms in total. The van der Waals surface area contributed by atoms with E-state index in [0.29, 0.717) is 12.5 Å². The van der Waals surface area contributed by atoms with Gasteiger partial charge in [0.05, 0.1) is 11.5 Å². The molecule has 5 heteroatoms. The Morgan fingerprint density at radius 2 is 2.08 bits per heavy atom. The number of piperidine rings is 3. The molecule has 0 unspecified atom stereocenters. The Labute approximate surface area is 153 Å². The van der Waals surface area contributed by atoms with E-state index < -0.39 is 0 Å². The second-order valence-electron chi connectivity index (χ2n) is 7.67. The maximum Gasteiger partial charge on any atom is 0.261 e. The van der Waals surface area contributed by atoms with Crippen LogP contribution in [0.15, 0.2) is 24.3 Å². The van der Waals surface area contributed by atoms with Crippen molar-refractivity contribution in [1.82, 2.24) is 10.2 Å². The molecule has 1 atom stereocenters. The molecule has 25 heavy (non-hydrogen) atoms. The van der Waals surface area contributed by atoms with Gasteiger partial charge in [0.1, 0.15) is 5.75 Å². The zero-order valence-electron chi connectivity index (χ0n) is 15.2. The third-order valence-electron chi connectivity index (χ3n) is 5.90. The first-order chi connectivity index (χ1) is 12.0. The molecule has 1 aromatic heterocycles. The topological polar surface area (TPSA) is 41.6 Å². The molecule has 0 saturated carbocycles. The normalized spacial score (nSPS) is 27.4. The molecule has 4 heterocycles. The molecule has 1 amide bonds. The molecular formula is C20H26N2O2S. The van der Waals surface area contributed by atoms with Crippen LogP contribution in [0.2, 0.25) is 0 Å². The molecule has 0 aliphatic carbocycles. The van der Waals surface area contributed by atoms with Crippen molar-refractivity contribution in [2.24, 2.45) is 5.92 Å². The van der Waals surface area contributed by atoms with Gasteiger partial charge in [0.25, 0.3) is 5.91 Å². The number of ether oxygens (including phenoxy) is 1. The van der Waals surface area contributed by atoms with Gasteiger partial charge in [0.15, 0.2) is 0 Å². The summed E-state index contributed by atoms with van der Waals surface area (Å²) in [5, 5.41) is 4.46. The van der Waals surface area contributed by atoms with Crippen LogP contribution >= 0.6 is 11.3 Å². The summed E-state index contributed by atoms with van der Waals surface area (Å²) in [6.07, 6.45) is 2.39. The van der Waals surface area contributed by atoms with Crippen LogP contribution in [0.1, 0.15) is 43.3 Å². The lowest BCUT2D eigenvalue weighted by atomic mass is 9.72. The fourth-order valence-electron chi connectivity index (χ4n) is 4.47. The average molecular weight is 359 g/mol. The average Bonchev–Trinajstić information content (AvgIpc) is 3.02. The lowest BCUT2D eigenvalue weighted by Crippen LogP contribution is -2.69. The largest absolute Gasteiger partial charge is 0.494 e. The number of hydrogen-bond donors (Lipinski definition) is 1. The molecule has 3 fully saturated rings. The molecule has 0 spiro atoms. The number of rotatable bonds is 4. The van der Waals surface area contributed by atoms with Crippen LogP contribution in [0.3, 0.4) is 0 Å². The Bertz CT molecular complexity index is 790. The van der Waals surface area contributed by atoms with Crippen molar-refractivity contribution < 1.29 is 9.53 Å². The molecular weight excluding hydrogens is 332 g/mol. The van der Waals surface area contributed by atoms with Crippen LogP contribution in [0.4, 0.5) is 0 Å². The summed E-state index contributed by atoms with van der Waals surface area (Å²) in [5.41, 5.74) is 0.0373. The zero-order chi connectivity index (χ0) is 17.6. The van der Waals surface area contributed by atoms with E-state index in [0.717, 1.165) is 33.8 Å². The van der Waals surface area contributed by atoms with E-state index in [2.05, 4.69) is 24.1 Å². The van der Waals surface area contributed by atoms with E-state index in [1.54, 1.807) is 11.3 Å². The fourth-order valence-corrected chi connectivity index (χ4v) is 5.46. The van der Waals surface area contributed by atoms with E-state index in [-0.39, 0.29) is 17.5 Å². The second-order valence-corrected chi connectivity index (χ2v) is 8.76. The van der Waals surface area contributed by atoms with E-state index in [1.165, 1.54) is 12.8 Å². The van der Waals surface area contributed by atoms with Crippen LogP contribution < -0.4 is 10.1 Å². The molecule has 2 bridgehead atoms. The van der Waals surface area contributed by atoms with Crippen molar-refractivity contribution in [2.75, 3.05) is 19.7 Å². The number of amides is 1. The molecule has 2 aromatic rings. The van der Waals surface area contributed by atoms with Crippen molar-refractivity contribution >= 4 is 27.3 Å². The highest BCUT2D eigenvalue weighted by atomic mass is 32.1. The number of carbonyl (C=O) groups is 1. The van der Waals surface area contributed by atoms with Crippen molar-refractivity contribution in [3.05, 3.63) is 29.1 Å². The van der Waals surface area contributed by atoms with Crippen molar-refractivity contribution in [2.45, 2.75) is 45.2 Å². The summed E-state index contributed by atoms with van der Waals surface area (Å²) in [4.78, 5) is 16.2. The van der Waals surface area contributed by atoms with Crippen LogP contribution in [-0.4, -0.2) is 42.1 Å². The van der Waals surface area contributed by atoms with Gasteiger partial charge in [-0.2, -0.15) is 0 Å². The molecule has 3 aliphatic heterocycles. The van der Waals surface area contributed by atoms with Crippen molar-refractivity contribution in [3.63, 3.8) is 0 Å². The summed E-state index contributed by atoms with van der Waals surface area (Å²) in [5.74, 6) is 1.52. The van der Waals surface area contributed by atoms with Crippen LogP contribution in [-0.2, 0) is 0 Å². The highest BCUT2D eigenvalue weighted by Gasteiger charge is 2.48. The van der Waals surface area contributed by atoms with Gasteiger partial charge < -0.3 is 10.1 Å². The SMILES string of the molecule is CCOc1ccc2cc(C(=O)N[C@@H]3C4CCN(CC4)C3(C)C)sc2c1. The lowest BCUT2D eigenvalue weighted by molar-refractivity contribution is -0.0377. The minimum Gasteiger partial charge on any atom is -0.494 e. The first-order valence-corrected chi connectivity index (χ1v) is 10.0. The number of benzene rings is 1. The summed E-state index contributed by atoms with van der Waals surface area (Å²) in [6, 6.07) is 8.26. The number of carbonyl (C=O) groups excluding carboxylic acids is 1. The Kier molecular flexibility index (Phi) is 4.24. The van der Waals surface area contributed by atoms with Crippen LogP contribution in [0.5, 0.6) is 5.75 Å². The van der Waals surface area contributed by atoms with Gasteiger partial charge in [-0.1, -0.05) is 0 Å². The first-order valence-electron chi connectivity index (χ1n) is 9.21. The van der Waals surface area contributed by atoms with Gasteiger partial charge in [0, 0.05) is 16.3 Å². The number of nitrogens with zero attached hydrogens (tertiary/aromatic N) is 1. The Hall–Kier alpha value is -1.59. The highest BCUT2D eigenvalue weighted by molar-refractivity contribution is 7.20. The highest BCUT2D eigenvalue weighted by Crippen LogP contribution is 2.39. The summed E-state index contributed by atoms with van der Waals surface area (Å²) < 4.78 is 6.67. The molecule has 134 valence electrons. The number of nitrogens with one attached hydrogen (secondary N) is 1. The zero-order valence-corrected chi connectivity index (χ0v) is 16.0. The van der Waals surface area contributed by atoms with Gasteiger partial charge in [-0.15, -0.1) is 11.3 Å². The monoisotopic (exact) mass is 358 g/mol. The quantitative estimate of drug-likeness (QED) is 0.901. The van der Waals surface area contributed by atoms with Crippen molar-refractivity contribution in [1.29, 1.82) is 0 Å². The summed E-state index contributed by atoms with van der Waals surface area (Å²) >= 11 is 1.55. The third kappa shape index (κ3) is 2.93. The predicted octanol–water partition coefficient (Wildman–Crippen LogP) is 3.90. The number of thiophene rings is 1. The van der Waals surface area contributed by atoms with E-state index in [1.807, 2.05) is 31.2 Å². The van der Waals surface area contributed by atoms with Crippen LogP contribution in [0, 0.1) is 5.92 Å². The summed E-state index contributed by atoms with van der Waals surface area (Å²) in [7, 11) is 0. The molecule has 3 aliphatic rings. The van der Waals surface area contributed by atoms with Gasteiger partial charge in [-0.25, -0.2) is 0 Å². The van der Waals surface area contributed by atoms with E-state index in [4.69, 9.17) is 4.74 Å². The maximum atomic E-state index is 12.9. The molecule has 5 rings (SSSR count).